The highest BCUT2D eigenvalue weighted by atomic mass is 16.2. The molecule has 0 unspecified atom stereocenters. The van der Waals surface area contributed by atoms with Gasteiger partial charge in [-0.2, -0.15) is 4.80 Å². The van der Waals surface area contributed by atoms with Gasteiger partial charge in [0.2, 0.25) is 5.82 Å². The molecule has 8 nitrogen and oxygen atoms in total. The van der Waals surface area contributed by atoms with E-state index in [4.69, 9.17) is 0 Å². The van der Waals surface area contributed by atoms with E-state index in [9.17, 15) is 9.59 Å². The van der Waals surface area contributed by atoms with Gasteiger partial charge in [-0.3, -0.25) is 10.1 Å². The molecule has 0 saturated heterocycles. The van der Waals surface area contributed by atoms with Gasteiger partial charge >= 0.3 is 6.03 Å². The van der Waals surface area contributed by atoms with Gasteiger partial charge in [0.25, 0.3) is 5.91 Å². The third-order valence-corrected chi connectivity index (χ3v) is 2.79. The largest absolute Gasteiger partial charge is 0.333 e. The maximum absolute atomic E-state index is 11.8. The fourth-order valence-corrected chi connectivity index (χ4v) is 1.79. The SMILES string of the molecule is Cc1ccc(-c2nnn(CC(=O)NC(=O)NC(C)(C)C)n2)cc1. The first-order valence-corrected chi connectivity index (χ1v) is 7.20. The summed E-state index contributed by atoms with van der Waals surface area (Å²) in [5.41, 5.74) is 1.52. The smallest absolute Gasteiger partial charge is 0.321 e. The van der Waals surface area contributed by atoms with Crippen LogP contribution in [0.25, 0.3) is 11.4 Å². The molecule has 1 aromatic carbocycles. The molecule has 2 aromatic rings. The van der Waals surface area contributed by atoms with Crippen molar-refractivity contribution in [3.05, 3.63) is 29.8 Å². The van der Waals surface area contributed by atoms with Gasteiger partial charge in [-0.05, 0) is 32.9 Å². The molecular formula is C15H20N6O2. The van der Waals surface area contributed by atoms with E-state index in [0.717, 1.165) is 15.9 Å². The Morgan fingerprint density at radius 3 is 2.43 bits per heavy atom. The molecule has 0 aliphatic rings. The molecule has 3 amide bonds. The Bertz CT molecular complexity index is 700. The first-order valence-electron chi connectivity index (χ1n) is 7.20. The van der Waals surface area contributed by atoms with Crippen LogP contribution in [0.5, 0.6) is 0 Å². The van der Waals surface area contributed by atoms with E-state index in [1.165, 1.54) is 0 Å². The summed E-state index contributed by atoms with van der Waals surface area (Å²) in [6.45, 7) is 7.27. The quantitative estimate of drug-likeness (QED) is 0.888. The molecule has 1 heterocycles. The number of carbonyl (C=O) groups excluding carboxylic acids is 2. The molecule has 0 aliphatic heterocycles. The molecule has 8 heteroatoms. The molecule has 0 radical (unpaired) electrons. The van der Waals surface area contributed by atoms with Crippen LogP contribution in [0.4, 0.5) is 4.79 Å². The van der Waals surface area contributed by atoms with E-state index >= 15 is 0 Å². The Morgan fingerprint density at radius 2 is 1.83 bits per heavy atom. The van der Waals surface area contributed by atoms with Crippen LogP contribution < -0.4 is 10.6 Å². The second-order valence-corrected chi connectivity index (χ2v) is 6.26. The van der Waals surface area contributed by atoms with Gasteiger partial charge in [0.15, 0.2) is 0 Å². The number of tetrazole rings is 1. The van der Waals surface area contributed by atoms with Crippen LogP contribution >= 0.6 is 0 Å². The minimum Gasteiger partial charge on any atom is -0.333 e. The lowest BCUT2D eigenvalue weighted by atomic mass is 10.1. The normalized spacial score (nSPS) is 11.1. The molecule has 2 N–H and O–H groups in total. The molecule has 2 rings (SSSR count). The number of hydrogen-bond acceptors (Lipinski definition) is 5. The molecule has 0 fully saturated rings. The number of rotatable bonds is 3. The molecule has 1 aromatic heterocycles. The summed E-state index contributed by atoms with van der Waals surface area (Å²) >= 11 is 0. The molecule has 122 valence electrons. The van der Waals surface area contributed by atoms with Crippen molar-refractivity contribution < 1.29 is 9.59 Å². The third kappa shape index (κ3) is 5.17. The van der Waals surface area contributed by atoms with Crippen LogP contribution in [0.3, 0.4) is 0 Å². The van der Waals surface area contributed by atoms with Crippen LogP contribution in [-0.4, -0.2) is 37.7 Å². The second-order valence-electron chi connectivity index (χ2n) is 6.26. The number of aryl methyl sites for hydroxylation is 1. The summed E-state index contributed by atoms with van der Waals surface area (Å²) in [5, 5.41) is 16.7. The van der Waals surface area contributed by atoms with Gasteiger partial charge in [0, 0.05) is 11.1 Å². The predicted molar refractivity (Wildman–Crippen MR) is 84.4 cm³/mol. The Labute approximate surface area is 134 Å². The van der Waals surface area contributed by atoms with E-state index in [1.807, 2.05) is 52.0 Å². The molecule has 23 heavy (non-hydrogen) atoms. The molecular weight excluding hydrogens is 296 g/mol. The number of aromatic nitrogens is 4. The Hall–Kier alpha value is -2.77. The minimum absolute atomic E-state index is 0.184. The van der Waals surface area contributed by atoms with E-state index in [-0.39, 0.29) is 6.54 Å². The van der Waals surface area contributed by atoms with Crippen molar-refractivity contribution in [3.8, 4) is 11.4 Å². The van der Waals surface area contributed by atoms with Gasteiger partial charge in [-0.25, -0.2) is 4.79 Å². The Morgan fingerprint density at radius 1 is 1.17 bits per heavy atom. The topological polar surface area (TPSA) is 102 Å². The lowest BCUT2D eigenvalue weighted by Gasteiger charge is -2.20. The van der Waals surface area contributed by atoms with Crippen LogP contribution in [0.1, 0.15) is 26.3 Å². The van der Waals surface area contributed by atoms with E-state index in [0.29, 0.717) is 5.82 Å². The Balaban J connectivity index is 1.95. The first kappa shape index (κ1) is 16.6. The van der Waals surface area contributed by atoms with Crippen molar-refractivity contribution in [2.75, 3.05) is 0 Å². The molecule has 0 atom stereocenters. The van der Waals surface area contributed by atoms with Crippen molar-refractivity contribution in [2.45, 2.75) is 39.8 Å². The number of hydrogen-bond donors (Lipinski definition) is 2. The highest BCUT2D eigenvalue weighted by molar-refractivity contribution is 5.94. The minimum atomic E-state index is -0.554. The number of benzene rings is 1. The zero-order valence-electron chi connectivity index (χ0n) is 13.6. The van der Waals surface area contributed by atoms with Crippen LogP contribution in [-0.2, 0) is 11.3 Å². The van der Waals surface area contributed by atoms with Gasteiger partial charge in [0.1, 0.15) is 6.54 Å². The fraction of sp³-hybridized carbons (Fsp3) is 0.400. The fourth-order valence-electron chi connectivity index (χ4n) is 1.79. The van der Waals surface area contributed by atoms with Crippen LogP contribution in [0, 0.1) is 6.92 Å². The van der Waals surface area contributed by atoms with E-state index in [1.54, 1.807) is 0 Å². The first-order chi connectivity index (χ1) is 10.7. The van der Waals surface area contributed by atoms with E-state index in [2.05, 4.69) is 26.0 Å². The zero-order chi connectivity index (χ0) is 17.0. The number of nitrogens with zero attached hydrogens (tertiary/aromatic N) is 4. The van der Waals surface area contributed by atoms with Crippen molar-refractivity contribution in [2.24, 2.45) is 0 Å². The number of nitrogens with one attached hydrogen (secondary N) is 2. The van der Waals surface area contributed by atoms with Gasteiger partial charge in [-0.1, -0.05) is 29.8 Å². The summed E-state index contributed by atoms with van der Waals surface area (Å²) in [7, 11) is 0. The van der Waals surface area contributed by atoms with Crippen molar-refractivity contribution >= 4 is 11.9 Å². The molecule has 0 saturated carbocycles. The standard InChI is InChI=1S/C15H20N6O2/c1-10-5-7-11(8-6-10)13-18-20-21(19-13)9-12(22)16-14(23)17-15(2,3)4/h5-8H,9H2,1-4H3,(H2,16,17,22,23). The average molecular weight is 316 g/mol. The maximum Gasteiger partial charge on any atom is 0.321 e. The number of amides is 3. The summed E-state index contributed by atoms with van der Waals surface area (Å²) in [4.78, 5) is 24.6. The lowest BCUT2D eigenvalue weighted by Crippen LogP contribution is -2.49. The highest BCUT2D eigenvalue weighted by Crippen LogP contribution is 2.13. The van der Waals surface area contributed by atoms with Crippen LogP contribution in [0.15, 0.2) is 24.3 Å². The molecule has 0 spiro atoms. The predicted octanol–water partition coefficient (Wildman–Crippen LogP) is 1.27. The van der Waals surface area contributed by atoms with Crippen LogP contribution in [0.2, 0.25) is 0 Å². The summed E-state index contributed by atoms with van der Waals surface area (Å²) in [6.07, 6.45) is 0. The second kappa shape index (κ2) is 6.55. The average Bonchev–Trinajstić information content (AvgIpc) is 2.85. The summed E-state index contributed by atoms with van der Waals surface area (Å²) < 4.78 is 0. The summed E-state index contributed by atoms with van der Waals surface area (Å²) in [6, 6.07) is 7.10. The molecule has 0 aliphatic carbocycles. The highest BCUT2D eigenvalue weighted by Gasteiger charge is 2.16. The van der Waals surface area contributed by atoms with Crippen molar-refractivity contribution in [1.82, 2.24) is 30.8 Å². The summed E-state index contributed by atoms with van der Waals surface area (Å²) in [5.74, 6) is -0.0865. The van der Waals surface area contributed by atoms with Crippen molar-refractivity contribution in [3.63, 3.8) is 0 Å². The third-order valence-electron chi connectivity index (χ3n) is 2.79. The Kier molecular flexibility index (Phi) is 4.73. The molecule has 0 bridgehead atoms. The van der Waals surface area contributed by atoms with Gasteiger partial charge in [0.05, 0.1) is 0 Å². The number of urea groups is 1. The zero-order valence-corrected chi connectivity index (χ0v) is 13.6. The van der Waals surface area contributed by atoms with Gasteiger partial charge < -0.3 is 5.32 Å². The number of carbonyl (C=O) groups is 2. The van der Waals surface area contributed by atoms with Crippen molar-refractivity contribution in [1.29, 1.82) is 0 Å². The number of imide groups is 1. The van der Waals surface area contributed by atoms with Gasteiger partial charge in [-0.15, -0.1) is 10.2 Å². The maximum atomic E-state index is 11.8. The lowest BCUT2D eigenvalue weighted by molar-refractivity contribution is -0.121. The van der Waals surface area contributed by atoms with E-state index < -0.39 is 17.5 Å². The monoisotopic (exact) mass is 316 g/mol.